The maximum Gasteiger partial charge on any atom is 0.0670 e. The van der Waals surface area contributed by atoms with Gasteiger partial charge in [-0.1, -0.05) is 13.8 Å². The van der Waals surface area contributed by atoms with Crippen molar-refractivity contribution >= 4 is 0 Å². The summed E-state index contributed by atoms with van der Waals surface area (Å²) in [5, 5.41) is 3.52. The largest absolute Gasteiger partial charge is 0.380 e. The van der Waals surface area contributed by atoms with Crippen molar-refractivity contribution in [3.05, 3.63) is 0 Å². The number of hydrogen-bond acceptors (Lipinski definition) is 3. The predicted octanol–water partition coefficient (Wildman–Crippen LogP) is 1.49. The maximum atomic E-state index is 5.37. The van der Waals surface area contributed by atoms with Crippen molar-refractivity contribution < 1.29 is 4.74 Å². The molecule has 1 unspecified atom stereocenters. The predicted molar refractivity (Wildman–Crippen MR) is 64.2 cm³/mol. The molecule has 1 heterocycles. The zero-order chi connectivity index (χ0) is 11.3. The standard InChI is InChI=1S/C12H26N2O/c1-5-12(6-2)10-13-7-8-14(12)9-11(3)15-4/h11,13H,5-10H2,1-4H3. The SMILES string of the molecule is CCC1(CC)CNCCN1CC(C)OC. The first-order valence-electron chi connectivity index (χ1n) is 6.17. The zero-order valence-corrected chi connectivity index (χ0v) is 10.7. The summed E-state index contributed by atoms with van der Waals surface area (Å²) in [7, 11) is 1.80. The fourth-order valence-electron chi connectivity index (χ4n) is 2.50. The van der Waals surface area contributed by atoms with Gasteiger partial charge in [0.25, 0.3) is 0 Å². The third kappa shape index (κ3) is 2.92. The second kappa shape index (κ2) is 5.83. The molecule has 1 aliphatic heterocycles. The molecule has 0 spiro atoms. The summed E-state index contributed by atoms with van der Waals surface area (Å²) in [6.07, 6.45) is 2.76. The van der Waals surface area contributed by atoms with Gasteiger partial charge in [0.15, 0.2) is 0 Å². The van der Waals surface area contributed by atoms with Gasteiger partial charge in [-0.25, -0.2) is 0 Å². The van der Waals surface area contributed by atoms with E-state index in [1.54, 1.807) is 7.11 Å². The lowest BCUT2D eigenvalue weighted by atomic mass is 9.88. The van der Waals surface area contributed by atoms with Crippen LogP contribution in [0.2, 0.25) is 0 Å². The number of ether oxygens (including phenoxy) is 1. The second-order valence-corrected chi connectivity index (χ2v) is 4.60. The second-order valence-electron chi connectivity index (χ2n) is 4.60. The van der Waals surface area contributed by atoms with Crippen LogP contribution >= 0.6 is 0 Å². The number of hydrogen-bond donors (Lipinski definition) is 1. The summed E-state index contributed by atoms with van der Waals surface area (Å²) in [6, 6.07) is 0. The smallest absolute Gasteiger partial charge is 0.0670 e. The van der Waals surface area contributed by atoms with Crippen LogP contribution in [0.1, 0.15) is 33.6 Å². The average Bonchev–Trinajstić information content (AvgIpc) is 2.30. The Morgan fingerprint density at radius 2 is 2.07 bits per heavy atom. The first kappa shape index (κ1) is 12.9. The summed E-state index contributed by atoms with van der Waals surface area (Å²) in [5.74, 6) is 0. The third-order valence-electron chi connectivity index (χ3n) is 3.88. The van der Waals surface area contributed by atoms with Crippen molar-refractivity contribution in [3.63, 3.8) is 0 Å². The molecule has 3 nitrogen and oxygen atoms in total. The van der Waals surface area contributed by atoms with E-state index in [2.05, 4.69) is 31.0 Å². The van der Waals surface area contributed by atoms with Gasteiger partial charge >= 0.3 is 0 Å². The lowest BCUT2D eigenvalue weighted by molar-refractivity contribution is 0.000402. The molecule has 1 saturated heterocycles. The molecule has 0 amide bonds. The summed E-state index contributed by atoms with van der Waals surface area (Å²) in [5.41, 5.74) is 0.352. The topological polar surface area (TPSA) is 24.5 Å². The van der Waals surface area contributed by atoms with E-state index in [-0.39, 0.29) is 0 Å². The first-order valence-corrected chi connectivity index (χ1v) is 6.17. The molecule has 0 radical (unpaired) electrons. The lowest BCUT2D eigenvalue weighted by Crippen LogP contribution is -2.62. The molecule has 1 aliphatic rings. The Balaban J connectivity index is 2.64. The van der Waals surface area contributed by atoms with E-state index in [4.69, 9.17) is 4.74 Å². The van der Waals surface area contributed by atoms with Gasteiger partial charge in [0.1, 0.15) is 0 Å². The van der Waals surface area contributed by atoms with Crippen LogP contribution in [0.4, 0.5) is 0 Å². The number of rotatable bonds is 5. The number of nitrogens with zero attached hydrogens (tertiary/aromatic N) is 1. The monoisotopic (exact) mass is 214 g/mol. The molecule has 1 atom stereocenters. The molecule has 1 fully saturated rings. The summed E-state index contributed by atoms with van der Waals surface area (Å²) < 4.78 is 5.37. The van der Waals surface area contributed by atoms with Crippen LogP contribution in [0.15, 0.2) is 0 Å². The van der Waals surface area contributed by atoms with Gasteiger partial charge in [-0.05, 0) is 19.8 Å². The fourth-order valence-corrected chi connectivity index (χ4v) is 2.50. The fraction of sp³-hybridized carbons (Fsp3) is 1.00. The van der Waals surface area contributed by atoms with E-state index in [1.807, 2.05) is 0 Å². The molecule has 0 aromatic heterocycles. The van der Waals surface area contributed by atoms with Crippen molar-refractivity contribution in [2.45, 2.75) is 45.3 Å². The molecule has 1 N–H and O–H groups in total. The Hall–Kier alpha value is -0.120. The van der Waals surface area contributed by atoms with Crippen LogP contribution < -0.4 is 5.32 Å². The highest BCUT2D eigenvalue weighted by molar-refractivity contribution is 4.94. The summed E-state index contributed by atoms with van der Waals surface area (Å²) in [6.45, 7) is 11.2. The number of nitrogens with one attached hydrogen (secondary N) is 1. The highest BCUT2D eigenvalue weighted by Gasteiger charge is 2.35. The molecule has 90 valence electrons. The van der Waals surface area contributed by atoms with Crippen LogP contribution in [0.25, 0.3) is 0 Å². The van der Waals surface area contributed by atoms with Gasteiger partial charge < -0.3 is 10.1 Å². The molecule has 0 saturated carbocycles. The summed E-state index contributed by atoms with van der Waals surface area (Å²) in [4.78, 5) is 2.61. The van der Waals surface area contributed by atoms with Gasteiger partial charge in [-0.3, -0.25) is 4.90 Å². The van der Waals surface area contributed by atoms with E-state index in [9.17, 15) is 0 Å². The highest BCUT2D eigenvalue weighted by Crippen LogP contribution is 2.25. The van der Waals surface area contributed by atoms with Gasteiger partial charge in [0, 0.05) is 38.8 Å². The van der Waals surface area contributed by atoms with Crippen molar-refractivity contribution in [1.29, 1.82) is 0 Å². The first-order chi connectivity index (χ1) is 7.18. The van der Waals surface area contributed by atoms with E-state index in [0.717, 1.165) is 26.2 Å². The van der Waals surface area contributed by atoms with Gasteiger partial charge in [-0.2, -0.15) is 0 Å². The van der Waals surface area contributed by atoms with Crippen molar-refractivity contribution in [3.8, 4) is 0 Å². The minimum atomic E-state index is 0.334. The molecule has 0 aromatic rings. The normalized spacial score (nSPS) is 24.0. The average molecular weight is 214 g/mol. The molecule has 1 rings (SSSR count). The van der Waals surface area contributed by atoms with E-state index in [1.165, 1.54) is 12.8 Å². The van der Waals surface area contributed by atoms with Crippen LogP contribution in [0, 0.1) is 0 Å². The van der Waals surface area contributed by atoms with Crippen LogP contribution in [-0.4, -0.2) is 49.8 Å². The number of piperazine rings is 1. The van der Waals surface area contributed by atoms with Crippen molar-refractivity contribution in [2.24, 2.45) is 0 Å². The minimum absolute atomic E-state index is 0.334. The molecule has 15 heavy (non-hydrogen) atoms. The zero-order valence-electron chi connectivity index (χ0n) is 10.7. The Labute approximate surface area is 94.2 Å². The Bertz CT molecular complexity index is 180. The molecule has 3 heteroatoms. The third-order valence-corrected chi connectivity index (χ3v) is 3.88. The van der Waals surface area contributed by atoms with Crippen LogP contribution in [0.5, 0.6) is 0 Å². The number of methoxy groups -OCH3 is 1. The van der Waals surface area contributed by atoms with Crippen LogP contribution in [0.3, 0.4) is 0 Å². The van der Waals surface area contributed by atoms with Gasteiger partial charge in [0.2, 0.25) is 0 Å². The molecule has 0 bridgehead atoms. The Morgan fingerprint density at radius 3 is 2.60 bits per heavy atom. The van der Waals surface area contributed by atoms with Crippen LogP contribution in [-0.2, 0) is 4.74 Å². The van der Waals surface area contributed by atoms with Crippen molar-refractivity contribution in [1.82, 2.24) is 10.2 Å². The Morgan fingerprint density at radius 1 is 1.40 bits per heavy atom. The lowest BCUT2D eigenvalue weighted by Gasteiger charge is -2.47. The van der Waals surface area contributed by atoms with Crippen molar-refractivity contribution in [2.75, 3.05) is 33.3 Å². The highest BCUT2D eigenvalue weighted by atomic mass is 16.5. The summed E-state index contributed by atoms with van der Waals surface area (Å²) >= 11 is 0. The quantitative estimate of drug-likeness (QED) is 0.750. The molecule has 0 aliphatic carbocycles. The van der Waals surface area contributed by atoms with E-state index in [0.29, 0.717) is 11.6 Å². The molecule has 0 aromatic carbocycles. The van der Waals surface area contributed by atoms with Gasteiger partial charge in [0.05, 0.1) is 6.10 Å². The molecular weight excluding hydrogens is 188 g/mol. The minimum Gasteiger partial charge on any atom is -0.380 e. The Kier molecular flexibility index (Phi) is 5.03. The van der Waals surface area contributed by atoms with Gasteiger partial charge in [-0.15, -0.1) is 0 Å². The van der Waals surface area contributed by atoms with E-state index < -0.39 is 0 Å². The van der Waals surface area contributed by atoms with E-state index >= 15 is 0 Å². The molecular formula is C12H26N2O. The maximum absolute atomic E-state index is 5.37.